The summed E-state index contributed by atoms with van der Waals surface area (Å²) in [7, 11) is 9.29. The molecule has 6 aromatic carbocycles. The first-order valence-electron chi connectivity index (χ1n) is 36.0. The minimum absolute atomic E-state index is 0. The topological polar surface area (TPSA) is 247 Å². The van der Waals surface area contributed by atoms with E-state index in [-0.39, 0.29) is 89.8 Å². The fourth-order valence-electron chi connectivity index (χ4n) is 14.5. The van der Waals surface area contributed by atoms with Crippen LogP contribution in [0.15, 0.2) is 146 Å². The van der Waals surface area contributed by atoms with E-state index in [1.165, 1.54) is 14.0 Å². The molecule has 602 valence electrons. The third-order valence-corrected chi connectivity index (χ3v) is 20.4. The second-order valence-electron chi connectivity index (χ2n) is 26.9. The average Bonchev–Trinajstić information content (AvgIpc) is 1.49. The normalized spacial score (nSPS) is 18.8. The van der Waals surface area contributed by atoms with Gasteiger partial charge in [0.2, 0.25) is 0 Å². The number of rotatable bonds is 18. The van der Waals surface area contributed by atoms with Crippen LogP contribution < -0.4 is 72.7 Å². The maximum atomic E-state index is 14.1. The van der Waals surface area contributed by atoms with E-state index in [1.54, 1.807) is 128 Å². The molecule has 2 unspecified atom stereocenters. The number of methoxy groups -OCH3 is 6. The van der Waals surface area contributed by atoms with Gasteiger partial charge >= 0.3 is 0 Å². The summed E-state index contributed by atoms with van der Waals surface area (Å²) in [5.74, 6) is 4.90. The van der Waals surface area contributed by atoms with E-state index in [4.69, 9.17) is 28.4 Å². The smallest absolute Gasteiger partial charge is 0.260 e. The number of nitrogens with one attached hydrogen (secondary N) is 5. The van der Waals surface area contributed by atoms with Crippen molar-refractivity contribution in [2.24, 2.45) is 0 Å². The SMILES string of the molecule is C.C.C.COc1ccc(C2CC(C(F)F)n3nc(-c4ccc(C(=O)N5CC[NH2+]CC5)cc4)cc3N2)cc1OC.COc1ccc([C@@H]2C[C@H](C(F)F)n3nc(-c4ccc(C(=O)N5CCNCC5)cc4)cc3N2)cc1OC.COc1ccc([C@H]2C[C@@H](C(F)F)n3nc(-c4ccc(C(=O)N5CCNCC5)cc4)cc3N2)cc1OC.[Cl-]. The van der Waals surface area contributed by atoms with Crippen LogP contribution in [0.2, 0.25) is 0 Å². The molecule has 6 atom stereocenters. The fourth-order valence-corrected chi connectivity index (χ4v) is 14.5. The monoisotopic (exact) mass is 1580 g/mol. The average molecular weight is 1580 g/mol. The molecular formula is C81H100ClF6N15O9. The highest BCUT2D eigenvalue weighted by atomic mass is 35.5. The van der Waals surface area contributed by atoms with Crippen molar-refractivity contribution in [1.82, 2.24) is 54.7 Å². The number of benzene rings is 6. The number of nitrogens with zero attached hydrogens (tertiary/aromatic N) is 9. The second-order valence-corrected chi connectivity index (χ2v) is 26.9. The van der Waals surface area contributed by atoms with Gasteiger partial charge < -0.3 is 87.4 Å². The molecule has 6 aliphatic rings. The zero-order valence-corrected chi connectivity index (χ0v) is 61.8. The minimum Gasteiger partial charge on any atom is -1.00 e. The van der Waals surface area contributed by atoms with Gasteiger partial charge in [-0.25, -0.2) is 40.4 Å². The van der Waals surface area contributed by atoms with Crippen LogP contribution >= 0.6 is 0 Å². The quantitative estimate of drug-likeness (QED) is 0.0438. The van der Waals surface area contributed by atoms with E-state index in [1.807, 2.05) is 75.4 Å². The Labute approximate surface area is 655 Å². The van der Waals surface area contributed by atoms with Crippen LogP contribution in [-0.2, 0) is 0 Å². The molecule has 31 heteroatoms. The van der Waals surface area contributed by atoms with Crippen molar-refractivity contribution in [3.8, 4) is 68.3 Å². The van der Waals surface area contributed by atoms with Crippen LogP contribution in [0.3, 0.4) is 0 Å². The summed E-state index contributed by atoms with van der Waals surface area (Å²) in [5, 5.41) is 32.2. The van der Waals surface area contributed by atoms with Crippen molar-refractivity contribution in [3.63, 3.8) is 0 Å². The molecule has 9 aromatic rings. The van der Waals surface area contributed by atoms with Crippen LogP contribution in [0.1, 0.15) is 126 Å². The van der Waals surface area contributed by atoms with Crippen LogP contribution in [0.4, 0.5) is 43.8 Å². The molecule has 3 fully saturated rings. The van der Waals surface area contributed by atoms with Crippen LogP contribution in [0, 0.1) is 0 Å². The number of aromatic nitrogens is 6. The Morgan fingerprint density at radius 1 is 0.375 bits per heavy atom. The van der Waals surface area contributed by atoms with Gasteiger partial charge in [-0.3, -0.25) is 14.4 Å². The Morgan fingerprint density at radius 2 is 0.634 bits per heavy atom. The number of ether oxygens (including phenoxy) is 6. The lowest BCUT2D eigenvalue weighted by Crippen LogP contribution is -3.00. The highest BCUT2D eigenvalue weighted by Gasteiger charge is 2.39. The van der Waals surface area contributed by atoms with Crippen LogP contribution in [0.5, 0.6) is 34.5 Å². The third kappa shape index (κ3) is 18.7. The molecule has 15 rings (SSSR count). The van der Waals surface area contributed by atoms with Gasteiger partial charge in [0.25, 0.3) is 37.0 Å². The van der Waals surface area contributed by atoms with Gasteiger partial charge in [0.05, 0.1) is 104 Å². The predicted octanol–water partition coefficient (Wildman–Crippen LogP) is 9.81. The Hall–Kier alpha value is -10.7. The number of alkyl halides is 6. The van der Waals surface area contributed by atoms with Gasteiger partial charge in [-0.15, -0.1) is 0 Å². The summed E-state index contributed by atoms with van der Waals surface area (Å²) in [6.45, 7) is 9.13. The molecule has 0 saturated carbocycles. The summed E-state index contributed by atoms with van der Waals surface area (Å²) in [6.07, 6.45) is -7.25. The number of carbonyl (C=O) groups is 3. The number of fused-ring (bicyclic) bond motifs is 3. The Kier molecular flexibility index (Phi) is 29.3. The van der Waals surface area contributed by atoms with Gasteiger partial charge in [0, 0.05) is 104 Å². The summed E-state index contributed by atoms with van der Waals surface area (Å²) in [6, 6.07) is 38.8. The molecule has 0 bridgehead atoms. The van der Waals surface area contributed by atoms with Gasteiger partial charge in [0.1, 0.15) is 35.6 Å². The molecule has 0 aliphatic carbocycles. The zero-order valence-electron chi connectivity index (χ0n) is 61.1. The minimum atomic E-state index is -2.58. The molecule has 3 aromatic heterocycles. The molecule has 0 spiro atoms. The second kappa shape index (κ2) is 38.5. The number of quaternary nitrogens is 1. The summed E-state index contributed by atoms with van der Waals surface area (Å²) >= 11 is 0. The summed E-state index contributed by atoms with van der Waals surface area (Å²) in [5.41, 5.74) is 8.26. The van der Waals surface area contributed by atoms with Gasteiger partial charge in [-0.1, -0.05) is 76.9 Å². The molecule has 0 radical (unpaired) electrons. The lowest BCUT2D eigenvalue weighted by molar-refractivity contribution is -0.661. The molecular weight excluding hydrogens is 1480 g/mol. The molecule has 3 saturated heterocycles. The maximum absolute atomic E-state index is 14.1. The van der Waals surface area contributed by atoms with E-state index < -0.39 is 37.4 Å². The Bertz CT molecular complexity index is 4140. The van der Waals surface area contributed by atoms with E-state index in [9.17, 15) is 40.7 Å². The van der Waals surface area contributed by atoms with Crippen molar-refractivity contribution < 1.29 is 86.9 Å². The number of piperazine rings is 3. The largest absolute Gasteiger partial charge is 1.00 e. The van der Waals surface area contributed by atoms with E-state index >= 15 is 0 Å². The first kappa shape index (κ1) is 85.3. The first-order chi connectivity index (χ1) is 52.4. The number of hydrogen-bond acceptors (Lipinski definition) is 17. The predicted molar refractivity (Wildman–Crippen MR) is 415 cm³/mol. The zero-order chi connectivity index (χ0) is 75.7. The van der Waals surface area contributed by atoms with Crippen molar-refractivity contribution >= 4 is 35.2 Å². The lowest BCUT2D eigenvalue weighted by atomic mass is 9.97. The number of anilines is 3. The summed E-state index contributed by atoms with van der Waals surface area (Å²) < 4.78 is 121. The summed E-state index contributed by atoms with van der Waals surface area (Å²) in [4.78, 5) is 43.8. The molecule has 7 N–H and O–H groups in total. The first-order valence-corrected chi connectivity index (χ1v) is 36.0. The van der Waals surface area contributed by atoms with Gasteiger partial charge in [-0.2, -0.15) is 15.3 Å². The fraction of sp³-hybridized carbons (Fsp3) is 0.407. The highest BCUT2D eigenvalue weighted by molar-refractivity contribution is 5.96. The molecule has 24 nitrogen and oxygen atoms in total. The van der Waals surface area contributed by atoms with E-state index in [0.29, 0.717) is 112 Å². The van der Waals surface area contributed by atoms with Crippen molar-refractivity contribution in [2.75, 3.05) is 137 Å². The van der Waals surface area contributed by atoms with Crippen LogP contribution in [-0.4, -0.2) is 202 Å². The number of nitrogens with two attached hydrogens (primary N) is 1. The van der Waals surface area contributed by atoms with Crippen molar-refractivity contribution in [3.05, 3.63) is 179 Å². The maximum Gasteiger partial charge on any atom is 0.260 e. The standard InChI is InChI=1S/3C26H29F2N5O3.3CH4.ClH/c3*1-35-22-8-7-18(13-23(22)36-2)19-14-21(25(27)28)33-24(30-19)15-20(31-33)16-3-5-17(6-4-16)26(34)32-11-9-29-10-12-32;;;;/h3*3-8,13,15,19,21,25,29-30H,9-12,14H2,1-2H3;3*1H4;1H/t2*19-,21+;;;;;/m10...../s1. The van der Waals surface area contributed by atoms with Crippen LogP contribution in [0.25, 0.3) is 33.8 Å². The number of hydrogen-bond donors (Lipinski definition) is 6. The molecule has 6 aliphatic heterocycles. The lowest BCUT2D eigenvalue weighted by Gasteiger charge is -2.32. The number of halogens is 7. The van der Waals surface area contributed by atoms with Crippen molar-refractivity contribution in [2.45, 2.75) is 97.1 Å². The van der Waals surface area contributed by atoms with E-state index in [0.717, 1.165) is 85.7 Å². The van der Waals surface area contributed by atoms with E-state index in [2.05, 4.69) is 47.2 Å². The third-order valence-electron chi connectivity index (χ3n) is 20.4. The van der Waals surface area contributed by atoms with Gasteiger partial charge in [-0.05, 0) is 109 Å². The number of carbonyl (C=O) groups excluding carboxylic acids is 3. The van der Waals surface area contributed by atoms with Gasteiger partial charge in [0.15, 0.2) is 34.5 Å². The van der Waals surface area contributed by atoms with Crippen molar-refractivity contribution in [1.29, 1.82) is 0 Å². The highest BCUT2D eigenvalue weighted by Crippen LogP contribution is 2.46. The molecule has 9 heterocycles. The Morgan fingerprint density at radius 3 is 0.884 bits per heavy atom. The number of amides is 3. The Balaban J connectivity index is 0.000000189. The molecule has 3 amide bonds. The molecule has 112 heavy (non-hydrogen) atoms.